The van der Waals surface area contributed by atoms with Gasteiger partial charge in [-0.1, -0.05) is 13.8 Å². The number of hydrogen-bond donors (Lipinski definition) is 0. The normalized spacial score (nSPS) is 26.1. The molecule has 1 aliphatic carbocycles. The van der Waals surface area contributed by atoms with Crippen LogP contribution >= 0.6 is 0 Å². The Labute approximate surface area is 90.4 Å². The SMILES string of the molecule is CC1(C)COC2(C=C2CCCC=O)OC1. The molecule has 1 heterocycles. The van der Waals surface area contributed by atoms with Crippen molar-refractivity contribution >= 4 is 6.29 Å². The van der Waals surface area contributed by atoms with Crippen LogP contribution in [0, 0.1) is 5.41 Å². The van der Waals surface area contributed by atoms with Gasteiger partial charge in [-0.15, -0.1) is 0 Å². The maximum Gasteiger partial charge on any atom is 0.211 e. The van der Waals surface area contributed by atoms with Gasteiger partial charge in [-0.2, -0.15) is 0 Å². The molecule has 0 unspecified atom stereocenters. The lowest BCUT2D eigenvalue weighted by atomic mass is 9.95. The Morgan fingerprint density at radius 1 is 1.40 bits per heavy atom. The zero-order chi connectivity index (χ0) is 10.9. The van der Waals surface area contributed by atoms with E-state index in [9.17, 15) is 4.79 Å². The average Bonchev–Trinajstić information content (AvgIpc) is 2.87. The highest BCUT2D eigenvalue weighted by molar-refractivity contribution is 5.49. The number of aldehydes is 1. The van der Waals surface area contributed by atoms with Gasteiger partial charge in [0.05, 0.1) is 13.2 Å². The number of ether oxygens (including phenoxy) is 2. The molecule has 0 atom stereocenters. The zero-order valence-electron chi connectivity index (χ0n) is 9.41. The van der Waals surface area contributed by atoms with Crippen LogP contribution in [0.4, 0.5) is 0 Å². The first-order valence-electron chi connectivity index (χ1n) is 5.52. The molecule has 1 fully saturated rings. The monoisotopic (exact) mass is 210 g/mol. The van der Waals surface area contributed by atoms with Crippen molar-refractivity contribution in [1.29, 1.82) is 0 Å². The van der Waals surface area contributed by atoms with Crippen LogP contribution in [-0.4, -0.2) is 25.3 Å². The minimum absolute atomic E-state index is 0.121. The molecule has 1 spiro atoms. The van der Waals surface area contributed by atoms with Gasteiger partial charge < -0.3 is 14.3 Å². The van der Waals surface area contributed by atoms with Crippen LogP contribution < -0.4 is 0 Å². The maximum absolute atomic E-state index is 10.2. The van der Waals surface area contributed by atoms with E-state index >= 15 is 0 Å². The summed E-state index contributed by atoms with van der Waals surface area (Å²) in [6, 6.07) is 0. The first-order chi connectivity index (χ1) is 7.08. The van der Waals surface area contributed by atoms with Crippen molar-refractivity contribution in [3.05, 3.63) is 11.6 Å². The molecule has 3 nitrogen and oxygen atoms in total. The van der Waals surface area contributed by atoms with E-state index in [2.05, 4.69) is 13.8 Å². The summed E-state index contributed by atoms with van der Waals surface area (Å²) in [5.74, 6) is -0.474. The van der Waals surface area contributed by atoms with Gasteiger partial charge >= 0.3 is 0 Å². The minimum atomic E-state index is -0.474. The summed E-state index contributed by atoms with van der Waals surface area (Å²) < 4.78 is 11.5. The van der Waals surface area contributed by atoms with Crippen molar-refractivity contribution in [2.75, 3.05) is 13.2 Å². The number of unbranched alkanes of at least 4 members (excludes halogenated alkanes) is 1. The molecule has 84 valence electrons. The van der Waals surface area contributed by atoms with Crippen molar-refractivity contribution in [3.8, 4) is 0 Å². The van der Waals surface area contributed by atoms with E-state index in [1.165, 1.54) is 5.57 Å². The summed E-state index contributed by atoms with van der Waals surface area (Å²) in [5, 5.41) is 0. The summed E-state index contributed by atoms with van der Waals surface area (Å²) in [5.41, 5.74) is 1.33. The molecule has 0 aromatic heterocycles. The van der Waals surface area contributed by atoms with Crippen LogP contribution in [0.2, 0.25) is 0 Å². The van der Waals surface area contributed by atoms with Crippen LogP contribution in [0.15, 0.2) is 11.6 Å². The van der Waals surface area contributed by atoms with Gasteiger partial charge in [-0.3, -0.25) is 0 Å². The van der Waals surface area contributed by atoms with Gasteiger partial charge in [-0.05, 0) is 24.5 Å². The van der Waals surface area contributed by atoms with E-state index in [0.29, 0.717) is 6.42 Å². The molecule has 2 rings (SSSR count). The number of rotatable bonds is 4. The number of carbonyl (C=O) groups is 1. The number of carbonyl (C=O) groups excluding carboxylic acids is 1. The molecule has 0 N–H and O–H groups in total. The van der Waals surface area contributed by atoms with Crippen molar-refractivity contribution in [2.24, 2.45) is 5.41 Å². The van der Waals surface area contributed by atoms with Crippen LogP contribution in [0.3, 0.4) is 0 Å². The lowest BCUT2D eigenvalue weighted by Gasteiger charge is -2.36. The Bertz CT molecular complexity index is 281. The highest BCUT2D eigenvalue weighted by Gasteiger charge is 2.50. The zero-order valence-corrected chi connectivity index (χ0v) is 9.41. The van der Waals surface area contributed by atoms with Gasteiger partial charge in [0, 0.05) is 11.8 Å². The molecule has 15 heavy (non-hydrogen) atoms. The van der Waals surface area contributed by atoms with E-state index < -0.39 is 5.79 Å². The van der Waals surface area contributed by atoms with E-state index in [-0.39, 0.29) is 5.41 Å². The minimum Gasteiger partial charge on any atom is -0.342 e. The predicted octanol–water partition coefficient (Wildman–Crippen LogP) is 2.06. The van der Waals surface area contributed by atoms with Gasteiger partial charge in [0.25, 0.3) is 0 Å². The molecule has 0 amide bonds. The highest BCUT2D eigenvalue weighted by Crippen LogP contribution is 2.46. The molecular formula is C12H18O3. The smallest absolute Gasteiger partial charge is 0.211 e. The molecule has 1 aliphatic heterocycles. The largest absolute Gasteiger partial charge is 0.342 e. The highest BCUT2D eigenvalue weighted by atomic mass is 16.7. The fourth-order valence-electron chi connectivity index (χ4n) is 1.77. The van der Waals surface area contributed by atoms with Crippen molar-refractivity contribution in [1.82, 2.24) is 0 Å². The Kier molecular flexibility index (Phi) is 2.69. The summed E-state index contributed by atoms with van der Waals surface area (Å²) >= 11 is 0. The lowest BCUT2D eigenvalue weighted by Crippen LogP contribution is -2.40. The maximum atomic E-state index is 10.2. The Balaban J connectivity index is 1.76. The van der Waals surface area contributed by atoms with Gasteiger partial charge in [0.2, 0.25) is 5.79 Å². The molecule has 0 saturated carbocycles. The Morgan fingerprint density at radius 2 is 2.07 bits per heavy atom. The second-order valence-corrected chi connectivity index (χ2v) is 5.14. The molecule has 0 aromatic rings. The fraction of sp³-hybridized carbons (Fsp3) is 0.750. The van der Waals surface area contributed by atoms with E-state index in [1.807, 2.05) is 6.08 Å². The topological polar surface area (TPSA) is 35.5 Å². The third-order valence-electron chi connectivity index (χ3n) is 2.85. The van der Waals surface area contributed by atoms with Gasteiger partial charge in [0.1, 0.15) is 6.29 Å². The van der Waals surface area contributed by atoms with Crippen LogP contribution in [0.25, 0.3) is 0 Å². The first kappa shape index (κ1) is 10.8. The Morgan fingerprint density at radius 3 is 2.67 bits per heavy atom. The van der Waals surface area contributed by atoms with Crippen molar-refractivity contribution < 1.29 is 14.3 Å². The van der Waals surface area contributed by atoms with Gasteiger partial charge in [0.15, 0.2) is 0 Å². The van der Waals surface area contributed by atoms with Crippen molar-refractivity contribution in [2.45, 2.75) is 38.9 Å². The van der Waals surface area contributed by atoms with E-state index in [1.54, 1.807) is 0 Å². The summed E-state index contributed by atoms with van der Waals surface area (Å²) in [6.45, 7) is 5.74. The summed E-state index contributed by atoms with van der Waals surface area (Å²) in [7, 11) is 0. The first-order valence-corrected chi connectivity index (χ1v) is 5.52. The van der Waals surface area contributed by atoms with Crippen molar-refractivity contribution in [3.63, 3.8) is 0 Å². The number of hydrogen-bond acceptors (Lipinski definition) is 3. The molecular weight excluding hydrogens is 192 g/mol. The van der Waals surface area contributed by atoms with Gasteiger partial charge in [-0.25, -0.2) is 0 Å². The molecule has 2 aliphatic rings. The predicted molar refractivity (Wildman–Crippen MR) is 56.4 cm³/mol. The van der Waals surface area contributed by atoms with Crippen LogP contribution in [0.1, 0.15) is 33.1 Å². The average molecular weight is 210 g/mol. The summed E-state index contributed by atoms with van der Waals surface area (Å²) in [6.07, 6.45) is 5.43. The standard InChI is InChI=1S/C12H18O3/c1-11(2)8-14-12(15-9-11)7-10(12)5-3-4-6-13/h6-7H,3-5,8-9H2,1-2H3. The third-order valence-corrected chi connectivity index (χ3v) is 2.85. The Hall–Kier alpha value is -0.670. The molecule has 0 aromatic carbocycles. The lowest BCUT2D eigenvalue weighted by molar-refractivity contribution is -0.230. The van der Waals surface area contributed by atoms with Crippen LogP contribution in [-0.2, 0) is 14.3 Å². The van der Waals surface area contributed by atoms with E-state index in [0.717, 1.165) is 32.3 Å². The quantitative estimate of drug-likeness (QED) is 0.405. The molecule has 0 bridgehead atoms. The second-order valence-electron chi connectivity index (χ2n) is 5.14. The molecule has 3 heteroatoms. The fourth-order valence-corrected chi connectivity index (χ4v) is 1.77. The van der Waals surface area contributed by atoms with E-state index in [4.69, 9.17) is 9.47 Å². The van der Waals surface area contributed by atoms with Crippen LogP contribution in [0.5, 0.6) is 0 Å². The molecule has 0 radical (unpaired) electrons. The molecule has 1 saturated heterocycles. The third kappa shape index (κ3) is 2.29. The second kappa shape index (κ2) is 3.72. The summed E-state index contributed by atoms with van der Waals surface area (Å²) in [4.78, 5) is 10.2.